The molecule has 84 valence electrons. The molecule has 16 heavy (non-hydrogen) atoms. The van der Waals surface area contributed by atoms with Gasteiger partial charge in [-0.15, -0.1) is 0 Å². The summed E-state index contributed by atoms with van der Waals surface area (Å²) in [7, 11) is 0. The standard InChI is InChI=1S/C11H11NO4/c13-10(14)6-8(11(15)16)7-12-9-4-2-1-3-5-9/h1-6,12H,7H2,(H,13,14)(H,15,16)/b8-6-. The first-order valence-electron chi connectivity index (χ1n) is 4.55. The van der Waals surface area contributed by atoms with Crippen LogP contribution in [0.15, 0.2) is 42.0 Å². The monoisotopic (exact) mass is 221 g/mol. The average molecular weight is 221 g/mol. The summed E-state index contributed by atoms with van der Waals surface area (Å²) in [5.41, 5.74) is 0.538. The minimum atomic E-state index is -1.27. The van der Waals surface area contributed by atoms with E-state index in [0.29, 0.717) is 6.08 Å². The Morgan fingerprint density at radius 1 is 1.19 bits per heavy atom. The highest BCUT2D eigenvalue weighted by Crippen LogP contribution is 2.06. The number of carboxylic acids is 2. The molecule has 0 amide bonds. The molecular formula is C11H11NO4. The van der Waals surface area contributed by atoms with Crippen LogP contribution in [0.1, 0.15) is 0 Å². The zero-order valence-electron chi connectivity index (χ0n) is 8.38. The van der Waals surface area contributed by atoms with Crippen LogP contribution < -0.4 is 5.32 Å². The maximum atomic E-state index is 10.7. The Morgan fingerprint density at radius 2 is 1.81 bits per heavy atom. The number of aliphatic carboxylic acids is 2. The fraction of sp³-hybridized carbons (Fsp3) is 0.0909. The van der Waals surface area contributed by atoms with E-state index in [2.05, 4.69) is 5.32 Å². The van der Waals surface area contributed by atoms with Gasteiger partial charge in [0.15, 0.2) is 0 Å². The van der Waals surface area contributed by atoms with Gasteiger partial charge in [0.25, 0.3) is 0 Å². The second-order valence-electron chi connectivity index (χ2n) is 3.03. The second-order valence-corrected chi connectivity index (χ2v) is 3.03. The van der Waals surface area contributed by atoms with Crippen molar-refractivity contribution in [2.45, 2.75) is 0 Å². The minimum absolute atomic E-state index is 0.0361. The number of carboxylic acid groups (broad SMARTS) is 2. The molecule has 0 spiro atoms. The van der Waals surface area contributed by atoms with Crippen molar-refractivity contribution < 1.29 is 19.8 Å². The lowest BCUT2D eigenvalue weighted by Gasteiger charge is -2.05. The smallest absolute Gasteiger partial charge is 0.333 e. The number of anilines is 1. The summed E-state index contributed by atoms with van der Waals surface area (Å²) in [6, 6.07) is 8.95. The third kappa shape index (κ3) is 3.83. The summed E-state index contributed by atoms with van der Waals surface area (Å²) < 4.78 is 0. The molecule has 0 aromatic heterocycles. The molecule has 1 rings (SSSR count). The maximum Gasteiger partial charge on any atom is 0.333 e. The fourth-order valence-corrected chi connectivity index (χ4v) is 1.09. The first-order valence-corrected chi connectivity index (χ1v) is 4.55. The van der Waals surface area contributed by atoms with Gasteiger partial charge in [-0.2, -0.15) is 0 Å². The molecule has 0 aliphatic rings. The first-order chi connectivity index (χ1) is 7.59. The van der Waals surface area contributed by atoms with Crippen molar-refractivity contribution >= 4 is 17.6 Å². The second kappa shape index (κ2) is 5.55. The highest BCUT2D eigenvalue weighted by Gasteiger charge is 2.08. The van der Waals surface area contributed by atoms with Gasteiger partial charge in [0.1, 0.15) is 0 Å². The summed E-state index contributed by atoms with van der Waals surface area (Å²) in [5.74, 6) is -2.52. The predicted octanol–water partition coefficient (Wildman–Crippen LogP) is 1.19. The van der Waals surface area contributed by atoms with Gasteiger partial charge >= 0.3 is 11.9 Å². The molecule has 3 N–H and O–H groups in total. The van der Waals surface area contributed by atoms with Crippen LogP contribution in [0, 0.1) is 0 Å². The van der Waals surface area contributed by atoms with Crippen LogP contribution in [0.3, 0.4) is 0 Å². The van der Waals surface area contributed by atoms with Crippen molar-refractivity contribution in [1.82, 2.24) is 0 Å². The van der Waals surface area contributed by atoms with Gasteiger partial charge < -0.3 is 15.5 Å². The van der Waals surface area contributed by atoms with Crippen LogP contribution in [0.4, 0.5) is 5.69 Å². The lowest BCUT2D eigenvalue weighted by Crippen LogP contribution is -2.14. The van der Waals surface area contributed by atoms with Gasteiger partial charge in [0.2, 0.25) is 0 Å². The van der Waals surface area contributed by atoms with Crippen LogP contribution in [0.2, 0.25) is 0 Å². The van der Waals surface area contributed by atoms with Crippen molar-refractivity contribution in [3.8, 4) is 0 Å². The van der Waals surface area contributed by atoms with E-state index in [-0.39, 0.29) is 12.1 Å². The number of hydrogen-bond donors (Lipinski definition) is 3. The Bertz CT molecular complexity index is 411. The number of nitrogens with one attached hydrogen (secondary N) is 1. The highest BCUT2D eigenvalue weighted by atomic mass is 16.4. The van der Waals surface area contributed by atoms with E-state index >= 15 is 0 Å². The Balaban J connectivity index is 2.65. The van der Waals surface area contributed by atoms with Crippen LogP contribution in [0.25, 0.3) is 0 Å². The van der Waals surface area contributed by atoms with E-state index < -0.39 is 11.9 Å². The van der Waals surface area contributed by atoms with E-state index in [9.17, 15) is 9.59 Å². The van der Waals surface area contributed by atoms with Crippen molar-refractivity contribution in [2.24, 2.45) is 0 Å². The van der Waals surface area contributed by atoms with E-state index in [1.54, 1.807) is 24.3 Å². The molecule has 0 aliphatic heterocycles. The van der Waals surface area contributed by atoms with Gasteiger partial charge in [-0.3, -0.25) is 0 Å². The Kier molecular flexibility index (Phi) is 4.08. The van der Waals surface area contributed by atoms with Crippen molar-refractivity contribution in [1.29, 1.82) is 0 Å². The maximum absolute atomic E-state index is 10.7. The van der Waals surface area contributed by atoms with Gasteiger partial charge in [-0.1, -0.05) is 18.2 Å². The van der Waals surface area contributed by atoms with Gasteiger partial charge in [0, 0.05) is 18.3 Å². The molecule has 0 heterocycles. The largest absolute Gasteiger partial charge is 0.478 e. The molecule has 0 bridgehead atoms. The molecule has 0 fully saturated rings. The zero-order valence-corrected chi connectivity index (χ0v) is 8.38. The van der Waals surface area contributed by atoms with E-state index in [4.69, 9.17) is 10.2 Å². The molecule has 1 aromatic rings. The molecule has 0 aliphatic carbocycles. The first kappa shape index (κ1) is 11.8. The molecule has 0 saturated carbocycles. The Morgan fingerprint density at radius 3 is 2.31 bits per heavy atom. The molecule has 5 nitrogen and oxygen atoms in total. The van der Waals surface area contributed by atoms with Crippen LogP contribution in [-0.2, 0) is 9.59 Å². The van der Waals surface area contributed by atoms with Gasteiger partial charge in [0.05, 0.1) is 5.57 Å². The molecule has 0 unspecified atom stereocenters. The van der Waals surface area contributed by atoms with Crippen molar-refractivity contribution in [3.05, 3.63) is 42.0 Å². The third-order valence-corrected chi connectivity index (χ3v) is 1.83. The van der Waals surface area contributed by atoms with Crippen LogP contribution >= 0.6 is 0 Å². The van der Waals surface area contributed by atoms with Gasteiger partial charge in [-0.05, 0) is 12.1 Å². The number of hydrogen-bond acceptors (Lipinski definition) is 3. The zero-order chi connectivity index (χ0) is 12.0. The quantitative estimate of drug-likeness (QED) is 0.650. The number of rotatable bonds is 5. The molecule has 0 saturated heterocycles. The predicted molar refractivity (Wildman–Crippen MR) is 58.3 cm³/mol. The molecular weight excluding hydrogens is 210 g/mol. The highest BCUT2D eigenvalue weighted by molar-refractivity contribution is 5.95. The molecule has 1 aromatic carbocycles. The Hall–Kier alpha value is -2.30. The summed E-state index contributed by atoms with van der Waals surface area (Å²) in [6.45, 7) is -0.0361. The average Bonchev–Trinajstić information content (AvgIpc) is 2.25. The van der Waals surface area contributed by atoms with E-state index in [1.165, 1.54) is 0 Å². The SMILES string of the molecule is O=C(O)/C=C(/CNc1ccccc1)C(=O)O. The van der Waals surface area contributed by atoms with Gasteiger partial charge in [-0.25, -0.2) is 9.59 Å². The lowest BCUT2D eigenvalue weighted by atomic mass is 10.2. The fourth-order valence-electron chi connectivity index (χ4n) is 1.09. The number of para-hydroxylation sites is 1. The minimum Gasteiger partial charge on any atom is -0.478 e. The molecule has 0 radical (unpaired) electrons. The molecule has 0 atom stereocenters. The summed E-state index contributed by atoms with van der Waals surface area (Å²) >= 11 is 0. The summed E-state index contributed by atoms with van der Waals surface area (Å²) in [5, 5.41) is 20.0. The molecule has 5 heteroatoms. The normalized spacial score (nSPS) is 10.9. The van der Waals surface area contributed by atoms with Crippen LogP contribution in [0.5, 0.6) is 0 Å². The van der Waals surface area contributed by atoms with Crippen molar-refractivity contribution in [2.75, 3.05) is 11.9 Å². The van der Waals surface area contributed by atoms with Crippen molar-refractivity contribution in [3.63, 3.8) is 0 Å². The third-order valence-electron chi connectivity index (χ3n) is 1.83. The van der Waals surface area contributed by atoms with Crippen LogP contribution in [-0.4, -0.2) is 28.7 Å². The number of carbonyl (C=O) groups is 2. The topological polar surface area (TPSA) is 86.6 Å². The number of benzene rings is 1. The lowest BCUT2D eigenvalue weighted by molar-refractivity contribution is -0.135. The Labute approximate surface area is 92.0 Å². The van der Waals surface area contributed by atoms with E-state index in [1.807, 2.05) is 6.07 Å². The summed E-state index contributed by atoms with van der Waals surface area (Å²) in [6.07, 6.45) is 0.679. The summed E-state index contributed by atoms with van der Waals surface area (Å²) in [4.78, 5) is 21.0. The van der Waals surface area contributed by atoms with E-state index in [0.717, 1.165) is 5.69 Å².